The van der Waals surface area contributed by atoms with E-state index < -0.39 is 11.6 Å². The van der Waals surface area contributed by atoms with Crippen LogP contribution in [0.5, 0.6) is 0 Å². The molecule has 140 valence electrons. The molecule has 2 aromatic rings. The fourth-order valence-electron chi connectivity index (χ4n) is 4.06. The lowest BCUT2D eigenvalue weighted by atomic mass is 9.66. The number of alkyl halides is 3. The molecule has 0 aliphatic carbocycles. The lowest BCUT2D eigenvalue weighted by Crippen LogP contribution is -2.56. The van der Waals surface area contributed by atoms with Crippen molar-refractivity contribution in [3.05, 3.63) is 66.0 Å². The quantitative estimate of drug-likeness (QED) is 0.892. The molecular weight excluding hydrogens is 353 g/mol. The lowest BCUT2D eigenvalue weighted by molar-refractivity contribution is -0.151. The van der Waals surface area contributed by atoms with E-state index in [4.69, 9.17) is 0 Å². The van der Waals surface area contributed by atoms with Gasteiger partial charge in [0.1, 0.15) is 0 Å². The molecule has 4 nitrogen and oxygen atoms in total. The zero-order chi connectivity index (χ0) is 18.9. The predicted molar refractivity (Wildman–Crippen MR) is 98.0 cm³/mol. The van der Waals surface area contributed by atoms with E-state index in [1.165, 1.54) is 24.5 Å². The van der Waals surface area contributed by atoms with Gasteiger partial charge in [-0.05, 0) is 49.2 Å². The molecule has 1 aromatic heterocycles. The van der Waals surface area contributed by atoms with Gasteiger partial charge in [0, 0.05) is 18.3 Å². The van der Waals surface area contributed by atoms with E-state index in [2.05, 4.69) is 20.5 Å². The molecule has 0 saturated carbocycles. The monoisotopic (exact) mass is 372 g/mol. The Labute approximate surface area is 155 Å². The third-order valence-electron chi connectivity index (χ3n) is 5.31. The summed E-state index contributed by atoms with van der Waals surface area (Å²) < 4.78 is 44.5. The number of benzene rings is 1. The van der Waals surface area contributed by atoms with Crippen molar-refractivity contribution >= 4 is 11.4 Å². The van der Waals surface area contributed by atoms with Crippen molar-refractivity contribution in [1.82, 2.24) is 10.3 Å². The SMILES string of the molecule is FC(F)(F)C1(c2ccncc2)C(c2ccccc2)=NN=C1C1CCNCC1. The van der Waals surface area contributed by atoms with Crippen molar-refractivity contribution in [3.63, 3.8) is 0 Å². The van der Waals surface area contributed by atoms with Crippen molar-refractivity contribution in [2.24, 2.45) is 16.1 Å². The molecule has 27 heavy (non-hydrogen) atoms. The van der Waals surface area contributed by atoms with E-state index >= 15 is 0 Å². The number of nitrogens with one attached hydrogen (secondary N) is 1. The van der Waals surface area contributed by atoms with Gasteiger partial charge in [0.25, 0.3) is 0 Å². The third-order valence-corrected chi connectivity index (χ3v) is 5.31. The van der Waals surface area contributed by atoms with Gasteiger partial charge in [-0.1, -0.05) is 30.3 Å². The fourth-order valence-corrected chi connectivity index (χ4v) is 4.06. The summed E-state index contributed by atoms with van der Waals surface area (Å²) in [5.74, 6) is -0.272. The third kappa shape index (κ3) is 2.86. The highest BCUT2D eigenvalue weighted by atomic mass is 19.4. The topological polar surface area (TPSA) is 49.6 Å². The zero-order valence-electron chi connectivity index (χ0n) is 14.6. The molecule has 1 saturated heterocycles. The summed E-state index contributed by atoms with van der Waals surface area (Å²) in [5.41, 5.74) is -1.77. The molecule has 0 bridgehead atoms. The molecule has 2 aliphatic rings. The highest BCUT2D eigenvalue weighted by Crippen LogP contribution is 2.49. The maximum Gasteiger partial charge on any atom is 0.409 e. The van der Waals surface area contributed by atoms with Crippen molar-refractivity contribution in [2.45, 2.75) is 24.4 Å². The van der Waals surface area contributed by atoms with E-state index in [0.717, 1.165) is 0 Å². The van der Waals surface area contributed by atoms with Crippen LogP contribution in [0.4, 0.5) is 13.2 Å². The number of piperidine rings is 1. The van der Waals surface area contributed by atoms with Gasteiger partial charge in [-0.25, -0.2) is 0 Å². The normalized spacial score (nSPS) is 23.8. The van der Waals surface area contributed by atoms with E-state index in [0.29, 0.717) is 31.5 Å². The summed E-state index contributed by atoms with van der Waals surface area (Å²) in [7, 11) is 0. The average Bonchev–Trinajstić information content (AvgIpc) is 3.11. The molecule has 7 heteroatoms. The molecule has 1 N–H and O–H groups in total. The van der Waals surface area contributed by atoms with Crippen LogP contribution in [0.2, 0.25) is 0 Å². The van der Waals surface area contributed by atoms with Crippen LogP contribution in [0.25, 0.3) is 0 Å². The Kier molecular flexibility index (Phi) is 4.55. The number of pyridine rings is 1. The van der Waals surface area contributed by atoms with Crippen molar-refractivity contribution in [1.29, 1.82) is 0 Å². The molecule has 1 aromatic carbocycles. The summed E-state index contributed by atoms with van der Waals surface area (Å²) >= 11 is 0. The van der Waals surface area contributed by atoms with Crippen molar-refractivity contribution in [2.75, 3.05) is 13.1 Å². The van der Waals surface area contributed by atoms with Gasteiger partial charge < -0.3 is 5.32 Å². The smallest absolute Gasteiger partial charge is 0.317 e. The second kappa shape index (κ2) is 6.88. The highest BCUT2D eigenvalue weighted by Gasteiger charge is 2.66. The van der Waals surface area contributed by atoms with Crippen LogP contribution in [0.3, 0.4) is 0 Å². The second-order valence-electron chi connectivity index (χ2n) is 6.81. The molecule has 1 unspecified atom stereocenters. The molecular formula is C20H19F3N4. The molecule has 0 amide bonds. The van der Waals surface area contributed by atoms with Gasteiger partial charge >= 0.3 is 6.18 Å². The molecule has 0 radical (unpaired) electrons. The lowest BCUT2D eigenvalue weighted by Gasteiger charge is -2.38. The number of hydrogen-bond donors (Lipinski definition) is 1. The van der Waals surface area contributed by atoms with Crippen molar-refractivity contribution in [3.8, 4) is 0 Å². The van der Waals surface area contributed by atoms with Crippen LogP contribution < -0.4 is 5.32 Å². The van der Waals surface area contributed by atoms with E-state index in [1.54, 1.807) is 30.3 Å². The Morgan fingerprint density at radius 2 is 1.59 bits per heavy atom. The number of rotatable bonds is 3. The second-order valence-corrected chi connectivity index (χ2v) is 6.81. The molecule has 4 rings (SSSR count). The summed E-state index contributed by atoms with van der Waals surface area (Å²) in [4.78, 5) is 3.91. The van der Waals surface area contributed by atoms with Gasteiger partial charge in [0.2, 0.25) is 0 Å². The van der Waals surface area contributed by atoms with E-state index in [9.17, 15) is 13.2 Å². The van der Waals surface area contributed by atoms with Crippen LogP contribution in [-0.4, -0.2) is 35.7 Å². The number of nitrogens with zero attached hydrogens (tertiary/aromatic N) is 3. The molecule has 2 aliphatic heterocycles. The van der Waals surface area contributed by atoms with Crippen LogP contribution in [-0.2, 0) is 5.41 Å². The summed E-state index contributed by atoms with van der Waals surface area (Å²) in [6.07, 6.45) is -0.574. The van der Waals surface area contributed by atoms with Crippen LogP contribution in [0.1, 0.15) is 24.0 Å². The van der Waals surface area contributed by atoms with Crippen molar-refractivity contribution < 1.29 is 13.2 Å². The Balaban J connectivity index is 1.94. The van der Waals surface area contributed by atoms with Crippen LogP contribution in [0, 0.1) is 5.92 Å². The maximum absolute atomic E-state index is 14.8. The Hall–Kier alpha value is -2.54. The number of aromatic nitrogens is 1. The molecule has 1 atom stereocenters. The van der Waals surface area contributed by atoms with Gasteiger partial charge in [0.15, 0.2) is 5.41 Å². The maximum atomic E-state index is 14.8. The summed E-state index contributed by atoms with van der Waals surface area (Å²) in [5, 5.41) is 11.5. The first-order valence-electron chi connectivity index (χ1n) is 8.95. The first-order chi connectivity index (χ1) is 13.0. The zero-order valence-corrected chi connectivity index (χ0v) is 14.6. The first-order valence-corrected chi connectivity index (χ1v) is 8.95. The average molecular weight is 372 g/mol. The fraction of sp³-hybridized carbons (Fsp3) is 0.350. The summed E-state index contributed by atoms with van der Waals surface area (Å²) in [6, 6.07) is 11.4. The largest absolute Gasteiger partial charge is 0.409 e. The van der Waals surface area contributed by atoms with Gasteiger partial charge in [-0.3, -0.25) is 4.98 Å². The van der Waals surface area contributed by atoms with E-state index in [1.807, 2.05) is 0 Å². The molecule has 0 spiro atoms. The van der Waals surface area contributed by atoms with Crippen LogP contribution in [0.15, 0.2) is 65.1 Å². The highest BCUT2D eigenvalue weighted by molar-refractivity contribution is 6.26. The Bertz CT molecular complexity index is 856. The van der Waals surface area contributed by atoms with Gasteiger partial charge in [0.05, 0.1) is 11.4 Å². The first kappa shape index (κ1) is 17.9. The standard InChI is InChI=1S/C20H19F3N4/c21-20(22,23)19(16-8-12-25-13-9-16)17(14-4-2-1-3-5-14)26-27-18(19)15-6-10-24-11-7-15/h1-5,8-9,12-13,15,24H,6-7,10-11H2. The van der Waals surface area contributed by atoms with Gasteiger partial charge in [-0.2, -0.15) is 23.4 Å². The minimum Gasteiger partial charge on any atom is -0.317 e. The number of hydrogen-bond acceptors (Lipinski definition) is 4. The predicted octanol–water partition coefficient (Wildman–Crippen LogP) is 3.74. The Morgan fingerprint density at radius 3 is 2.22 bits per heavy atom. The number of halogens is 3. The molecule has 1 fully saturated rings. The minimum atomic E-state index is -4.58. The summed E-state index contributed by atoms with van der Waals surface area (Å²) in [6.45, 7) is 1.35. The minimum absolute atomic E-state index is 0.0599. The molecule has 3 heterocycles. The van der Waals surface area contributed by atoms with E-state index in [-0.39, 0.29) is 22.9 Å². The van der Waals surface area contributed by atoms with Crippen LogP contribution >= 0.6 is 0 Å². The Morgan fingerprint density at radius 1 is 0.926 bits per heavy atom. The van der Waals surface area contributed by atoms with Gasteiger partial charge in [-0.15, -0.1) is 0 Å².